The number of hydrogen-bond acceptors (Lipinski definition) is 5. The first-order chi connectivity index (χ1) is 11.4. The standard InChI is InChI=1S/C15H18F3N5O/c1-22(8-12-6-7-24-10-12)14-19-20-21-23(14)9-11-2-4-13(5-3-11)15(16,17)18/h2-5,12H,6-10H2,1H3. The van der Waals surface area contributed by atoms with Crippen LogP contribution in [-0.2, 0) is 17.5 Å². The normalized spacial score (nSPS) is 18.1. The Balaban J connectivity index is 1.68. The minimum Gasteiger partial charge on any atom is -0.381 e. The lowest BCUT2D eigenvalue weighted by Crippen LogP contribution is -2.28. The van der Waals surface area contributed by atoms with Crippen LogP contribution in [0.2, 0.25) is 0 Å². The van der Waals surface area contributed by atoms with Gasteiger partial charge in [-0.05, 0) is 34.5 Å². The Morgan fingerprint density at radius 1 is 1.29 bits per heavy atom. The summed E-state index contributed by atoms with van der Waals surface area (Å²) in [5, 5.41) is 11.6. The molecule has 1 fully saturated rings. The first-order valence-electron chi connectivity index (χ1n) is 7.64. The van der Waals surface area contributed by atoms with Crippen LogP contribution in [0.1, 0.15) is 17.5 Å². The van der Waals surface area contributed by atoms with Crippen molar-refractivity contribution in [1.82, 2.24) is 20.2 Å². The van der Waals surface area contributed by atoms with Gasteiger partial charge in [0.25, 0.3) is 0 Å². The van der Waals surface area contributed by atoms with Crippen LogP contribution in [0, 0.1) is 5.92 Å². The van der Waals surface area contributed by atoms with Gasteiger partial charge in [-0.25, -0.2) is 4.68 Å². The molecule has 1 atom stereocenters. The zero-order valence-electron chi connectivity index (χ0n) is 13.2. The number of halogens is 3. The highest BCUT2D eigenvalue weighted by molar-refractivity contribution is 5.29. The summed E-state index contributed by atoms with van der Waals surface area (Å²) in [4.78, 5) is 1.95. The van der Waals surface area contributed by atoms with Gasteiger partial charge in [0.2, 0.25) is 5.95 Å². The van der Waals surface area contributed by atoms with Crippen LogP contribution in [0.4, 0.5) is 19.1 Å². The molecule has 1 saturated heterocycles. The van der Waals surface area contributed by atoms with Crippen LogP contribution >= 0.6 is 0 Å². The fraction of sp³-hybridized carbons (Fsp3) is 0.533. The molecule has 0 radical (unpaired) electrons. The van der Waals surface area contributed by atoms with E-state index in [-0.39, 0.29) is 0 Å². The molecule has 1 unspecified atom stereocenters. The third kappa shape index (κ3) is 3.84. The lowest BCUT2D eigenvalue weighted by Gasteiger charge is -2.20. The Bertz CT molecular complexity index is 664. The van der Waals surface area contributed by atoms with Gasteiger partial charge in [0.1, 0.15) is 0 Å². The largest absolute Gasteiger partial charge is 0.416 e. The minimum absolute atomic E-state index is 0.311. The van der Waals surface area contributed by atoms with Crippen LogP contribution in [0.15, 0.2) is 24.3 Å². The number of rotatable bonds is 5. The molecule has 2 aromatic rings. The second-order valence-electron chi connectivity index (χ2n) is 5.94. The van der Waals surface area contributed by atoms with E-state index < -0.39 is 11.7 Å². The van der Waals surface area contributed by atoms with Crippen molar-refractivity contribution in [1.29, 1.82) is 0 Å². The highest BCUT2D eigenvalue weighted by Crippen LogP contribution is 2.29. The summed E-state index contributed by atoms with van der Waals surface area (Å²) in [6.07, 6.45) is -3.33. The molecule has 6 nitrogen and oxygen atoms in total. The topological polar surface area (TPSA) is 56.1 Å². The third-order valence-corrected chi connectivity index (χ3v) is 4.02. The molecule has 9 heteroatoms. The first kappa shape index (κ1) is 16.7. The predicted molar refractivity (Wildman–Crippen MR) is 80.6 cm³/mol. The zero-order chi connectivity index (χ0) is 17.2. The molecule has 1 aliphatic heterocycles. The molecule has 24 heavy (non-hydrogen) atoms. The smallest absolute Gasteiger partial charge is 0.381 e. The second-order valence-corrected chi connectivity index (χ2v) is 5.94. The van der Waals surface area contributed by atoms with Gasteiger partial charge in [-0.2, -0.15) is 13.2 Å². The molecule has 0 N–H and O–H groups in total. The van der Waals surface area contributed by atoms with Crippen molar-refractivity contribution in [3.05, 3.63) is 35.4 Å². The number of anilines is 1. The van der Waals surface area contributed by atoms with Crippen molar-refractivity contribution in [3.63, 3.8) is 0 Å². The molecular weight excluding hydrogens is 323 g/mol. The number of benzene rings is 1. The Hall–Kier alpha value is -2.16. The average Bonchev–Trinajstić information content (AvgIpc) is 3.18. The maximum Gasteiger partial charge on any atom is 0.416 e. The van der Waals surface area contributed by atoms with Gasteiger partial charge >= 0.3 is 6.18 Å². The first-order valence-corrected chi connectivity index (χ1v) is 7.64. The van der Waals surface area contributed by atoms with E-state index in [4.69, 9.17) is 4.74 Å². The molecule has 1 aromatic carbocycles. The monoisotopic (exact) mass is 341 g/mol. The summed E-state index contributed by atoms with van der Waals surface area (Å²) in [5.41, 5.74) is 0.0377. The third-order valence-electron chi connectivity index (χ3n) is 4.02. The Labute approximate surface area is 137 Å². The fourth-order valence-corrected chi connectivity index (χ4v) is 2.74. The molecule has 130 valence electrons. The quantitative estimate of drug-likeness (QED) is 0.835. The van der Waals surface area contributed by atoms with Crippen molar-refractivity contribution in [2.75, 3.05) is 31.7 Å². The lowest BCUT2D eigenvalue weighted by atomic mass is 10.1. The second kappa shape index (κ2) is 6.76. The van der Waals surface area contributed by atoms with Crippen molar-refractivity contribution < 1.29 is 17.9 Å². The SMILES string of the molecule is CN(CC1CCOC1)c1nnnn1Cc1ccc(C(F)(F)F)cc1. The summed E-state index contributed by atoms with van der Waals surface area (Å²) < 4.78 is 44.8. The fourth-order valence-electron chi connectivity index (χ4n) is 2.74. The molecule has 0 aliphatic carbocycles. The number of aromatic nitrogens is 4. The highest BCUT2D eigenvalue weighted by Gasteiger charge is 2.30. The van der Waals surface area contributed by atoms with Gasteiger partial charge in [-0.1, -0.05) is 17.2 Å². The van der Waals surface area contributed by atoms with E-state index in [1.54, 1.807) is 4.68 Å². The van der Waals surface area contributed by atoms with E-state index in [2.05, 4.69) is 15.5 Å². The minimum atomic E-state index is -4.33. The molecule has 1 aliphatic rings. The van der Waals surface area contributed by atoms with Crippen molar-refractivity contribution in [2.24, 2.45) is 5.92 Å². The van der Waals surface area contributed by atoms with Crippen LogP contribution in [0.25, 0.3) is 0 Å². The Kier molecular flexibility index (Phi) is 4.70. The van der Waals surface area contributed by atoms with Crippen molar-refractivity contribution in [3.8, 4) is 0 Å². The predicted octanol–water partition coefficient (Wildman–Crippen LogP) is 2.21. The number of alkyl halides is 3. The van der Waals surface area contributed by atoms with E-state index in [9.17, 15) is 13.2 Å². The molecule has 0 amide bonds. The van der Waals surface area contributed by atoms with E-state index in [0.29, 0.717) is 24.0 Å². The van der Waals surface area contributed by atoms with Gasteiger partial charge < -0.3 is 9.64 Å². The number of hydrogen-bond donors (Lipinski definition) is 0. The average molecular weight is 341 g/mol. The Morgan fingerprint density at radius 3 is 2.67 bits per heavy atom. The summed E-state index contributed by atoms with van der Waals surface area (Å²) in [6, 6.07) is 5.02. The number of ether oxygens (including phenoxy) is 1. The molecule has 2 heterocycles. The summed E-state index contributed by atoms with van der Waals surface area (Å²) in [6.45, 7) is 2.58. The van der Waals surface area contributed by atoms with Gasteiger partial charge in [-0.15, -0.1) is 0 Å². The summed E-state index contributed by atoms with van der Waals surface area (Å²) in [7, 11) is 1.90. The molecule has 0 spiro atoms. The van der Waals surface area contributed by atoms with Crippen LogP contribution < -0.4 is 4.90 Å². The maximum absolute atomic E-state index is 12.6. The highest BCUT2D eigenvalue weighted by atomic mass is 19.4. The summed E-state index contributed by atoms with van der Waals surface area (Å²) in [5.74, 6) is 1.02. The van der Waals surface area contributed by atoms with Crippen LogP contribution in [0.5, 0.6) is 0 Å². The van der Waals surface area contributed by atoms with Crippen LogP contribution in [0.3, 0.4) is 0 Å². The lowest BCUT2D eigenvalue weighted by molar-refractivity contribution is -0.137. The van der Waals surface area contributed by atoms with E-state index in [1.807, 2.05) is 11.9 Å². The van der Waals surface area contributed by atoms with Gasteiger partial charge in [0.15, 0.2) is 0 Å². The molecule has 3 rings (SSSR count). The van der Waals surface area contributed by atoms with Crippen molar-refractivity contribution >= 4 is 5.95 Å². The maximum atomic E-state index is 12.6. The zero-order valence-corrected chi connectivity index (χ0v) is 13.2. The number of tetrazole rings is 1. The van der Waals surface area contributed by atoms with Gasteiger partial charge in [0, 0.05) is 26.1 Å². The Morgan fingerprint density at radius 2 is 2.04 bits per heavy atom. The van der Waals surface area contributed by atoms with E-state index in [0.717, 1.165) is 38.3 Å². The van der Waals surface area contributed by atoms with Gasteiger partial charge in [-0.3, -0.25) is 0 Å². The van der Waals surface area contributed by atoms with E-state index in [1.165, 1.54) is 12.1 Å². The van der Waals surface area contributed by atoms with Crippen LogP contribution in [-0.4, -0.2) is 47.0 Å². The molecule has 0 saturated carbocycles. The van der Waals surface area contributed by atoms with Crippen molar-refractivity contribution in [2.45, 2.75) is 19.1 Å². The number of nitrogens with zero attached hydrogens (tertiary/aromatic N) is 5. The van der Waals surface area contributed by atoms with Gasteiger partial charge in [0.05, 0.1) is 18.7 Å². The molecular formula is C15H18F3N5O. The molecule has 1 aromatic heterocycles. The van der Waals surface area contributed by atoms with E-state index >= 15 is 0 Å². The summed E-state index contributed by atoms with van der Waals surface area (Å²) >= 11 is 0. The molecule has 0 bridgehead atoms.